The van der Waals surface area contributed by atoms with Gasteiger partial charge < -0.3 is 14.4 Å². The van der Waals surface area contributed by atoms with Gasteiger partial charge in [-0.05, 0) is 30.2 Å². The van der Waals surface area contributed by atoms with Gasteiger partial charge in [0.15, 0.2) is 27.8 Å². The van der Waals surface area contributed by atoms with Crippen LogP contribution < -0.4 is 10.2 Å². The largest absolute Gasteiger partial charge is 0.611 e. The molecule has 0 aliphatic heterocycles. The number of nitrogens with one attached hydrogen (secondary N) is 1. The number of halogens is 3. The number of nitrogens with zero attached hydrogens (tertiary/aromatic N) is 6. The van der Waals surface area contributed by atoms with Gasteiger partial charge in [-0.25, -0.2) is 14.8 Å². The number of carbonyl (C=O) groups is 1. The van der Waals surface area contributed by atoms with E-state index in [0.717, 1.165) is 6.07 Å². The minimum absolute atomic E-state index is 0.0325. The number of amides is 2. The molecule has 0 fully saturated rings. The molecule has 1 unspecified atom stereocenters. The van der Waals surface area contributed by atoms with E-state index >= 15 is 0 Å². The first-order chi connectivity index (χ1) is 14.1. The Kier molecular flexibility index (Phi) is 5.85. The minimum atomic E-state index is -4.66. The number of carbonyl (C=O) groups excluding carboxylic acids is 1. The number of hydrogen-bond donors (Lipinski definition) is 1. The second-order valence-electron chi connectivity index (χ2n) is 6.20. The van der Waals surface area contributed by atoms with Crippen molar-refractivity contribution < 1.29 is 22.5 Å². The van der Waals surface area contributed by atoms with E-state index in [-0.39, 0.29) is 28.5 Å². The Balaban J connectivity index is 2.22. The van der Waals surface area contributed by atoms with Crippen LogP contribution in [0.5, 0.6) is 0 Å². The molecular formula is C17H18F3N7O2S. The molecule has 1 atom stereocenters. The first-order valence-electron chi connectivity index (χ1n) is 8.71. The third-order valence-corrected chi connectivity index (χ3v) is 5.68. The van der Waals surface area contributed by atoms with Gasteiger partial charge in [-0.3, -0.25) is 4.90 Å². The fraction of sp³-hybridized carbons (Fsp3) is 0.353. The molecule has 0 bridgehead atoms. The molecule has 0 aliphatic carbocycles. The van der Waals surface area contributed by atoms with Gasteiger partial charge in [0.25, 0.3) is 0 Å². The van der Waals surface area contributed by atoms with E-state index < -0.39 is 29.1 Å². The van der Waals surface area contributed by atoms with Crippen molar-refractivity contribution in [1.82, 2.24) is 30.0 Å². The molecule has 0 saturated carbocycles. The summed E-state index contributed by atoms with van der Waals surface area (Å²) in [6.45, 7) is 1.72. The van der Waals surface area contributed by atoms with Gasteiger partial charge in [0.2, 0.25) is 0 Å². The lowest BCUT2D eigenvalue weighted by atomic mass is 10.3. The minimum Gasteiger partial charge on any atom is -0.611 e. The Morgan fingerprint density at radius 2 is 2.00 bits per heavy atom. The third-order valence-electron chi connectivity index (χ3n) is 4.33. The number of aromatic nitrogens is 5. The lowest BCUT2D eigenvalue weighted by Crippen LogP contribution is -2.35. The number of fused-ring (bicyclic) bond motifs is 1. The maximum atomic E-state index is 13.0. The van der Waals surface area contributed by atoms with Crippen LogP contribution in [-0.4, -0.2) is 55.2 Å². The highest BCUT2D eigenvalue weighted by atomic mass is 32.2. The van der Waals surface area contributed by atoms with Crippen LogP contribution in [0, 0.1) is 0 Å². The summed E-state index contributed by atoms with van der Waals surface area (Å²) >= 11 is -1.44. The monoisotopic (exact) mass is 441 g/mol. The maximum absolute atomic E-state index is 13.0. The second-order valence-corrected chi connectivity index (χ2v) is 7.90. The molecule has 0 aliphatic rings. The fourth-order valence-corrected chi connectivity index (χ4v) is 3.61. The Hall–Kier alpha value is -2.93. The van der Waals surface area contributed by atoms with Crippen LogP contribution in [0.4, 0.5) is 23.8 Å². The van der Waals surface area contributed by atoms with Crippen LogP contribution in [0.1, 0.15) is 12.6 Å². The van der Waals surface area contributed by atoms with Crippen molar-refractivity contribution >= 4 is 34.2 Å². The molecule has 3 aromatic rings. The van der Waals surface area contributed by atoms with Gasteiger partial charge in [-0.15, -0.1) is 10.2 Å². The molecule has 30 heavy (non-hydrogen) atoms. The van der Waals surface area contributed by atoms with Crippen LogP contribution in [-0.2, 0) is 24.4 Å². The smallest absolute Gasteiger partial charge is 0.435 e. The summed E-state index contributed by atoms with van der Waals surface area (Å²) < 4.78 is 52.9. The molecule has 3 aromatic heterocycles. The van der Waals surface area contributed by atoms with Gasteiger partial charge in [0.05, 0.1) is 0 Å². The predicted molar refractivity (Wildman–Crippen MR) is 104 cm³/mol. The molecule has 0 aromatic carbocycles. The van der Waals surface area contributed by atoms with Gasteiger partial charge in [-0.2, -0.15) is 13.2 Å². The average Bonchev–Trinajstić information content (AvgIpc) is 3.06. The average molecular weight is 441 g/mol. The van der Waals surface area contributed by atoms with Gasteiger partial charge in [0.1, 0.15) is 17.1 Å². The number of imidazole rings is 1. The quantitative estimate of drug-likeness (QED) is 0.622. The van der Waals surface area contributed by atoms with Crippen LogP contribution in [0.15, 0.2) is 23.1 Å². The van der Waals surface area contributed by atoms with Crippen molar-refractivity contribution in [3.63, 3.8) is 0 Å². The third kappa shape index (κ3) is 3.89. The van der Waals surface area contributed by atoms with E-state index in [9.17, 15) is 22.5 Å². The van der Waals surface area contributed by atoms with Gasteiger partial charge in [0, 0.05) is 27.2 Å². The fourth-order valence-electron chi connectivity index (χ4n) is 2.73. The van der Waals surface area contributed by atoms with Crippen molar-refractivity contribution in [3.05, 3.63) is 23.9 Å². The van der Waals surface area contributed by atoms with Crippen molar-refractivity contribution in [2.45, 2.75) is 18.0 Å². The first-order valence-corrected chi connectivity index (χ1v) is 10.0. The topological polar surface area (TPSA) is 112 Å². The molecule has 3 heterocycles. The van der Waals surface area contributed by atoms with Crippen LogP contribution >= 0.6 is 0 Å². The Morgan fingerprint density at radius 3 is 2.60 bits per heavy atom. The molecule has 160 valence electrons. The number of rotatable bonds is 4. The first kappa shape index (κ1) is 21.8. The van der Waals surface area contributed by atoms with Crippen LogP contribution in [0.25, 0.3) is 22.7 Å². The SMILES string of the molecule is CC[S+]([O-])c1ccc(N(C)C(=O)NC)nc1-c1nc2cc(C(F)(F)F)nnc2n1C. The van der Waals surface area contributed by atoms with Crippen LogP contribution in [0.2, 0.25) is 0 Å². The summed E-state index contributed by atoms with van der Waals surface area (Å²) in [5.74, 6) is 0.694. The summed E-state index contributed by atoms with van der Waals surface area (Å²) in [5.41, 5.74) is -0.913. The maximum Gasteiger partial charge on any atom is 0.435 e. The predicted octanol–water partition coefficient (Wildman–Crippen LogP) is 2.35. The summed E-state index contributed by atoms with van der Waals surface area (Å²) in [6.07, 6.45) is -4.66. The molecule has 0 spiro atoms. The Bertz CT molecular complexity index is 1100. The standard InChI is InChI=1S/C17H18F3N7O2S/c1-5-30(29)10-6-7-12(26(3)16(28)21-2)23-13(10)15-22-9-8-11(17(18,19)20)24-25-14(9)27(15)4/h6-8H,5H2,1-4H3,(H,21,28). The number of urea groups is 1. The van der Waals surface area contributed by atoms with E-state index in [4.69, 9.17) is 0 Å². The zero-order valence-electron chi connectivity index (χ0n) is 16.5. The van der Waals surface area contributed by atoms with E-state index in [1.165, 1.54) is 29.6 Å². The number of anilines is 1. The molecule has 3 rings (SSSR count). The zero-order chi connectivity index (χ0) is 22.2. The van der Waals surface area contributed by atoms with Crippen molar-refractivity contribution in [2.24, 2.45) is 7.05 Å². The molecule has 1 N–H and O–H groups in total. The molecular weight excluding hydrogens is 423 g/mol. The molecule has 0 radical (unpaired) electrons. The highest BCUT2D eigenvalue weighted by Crippen LogP contribution is 2.32. The second kappa shape index (κ2) is 8.07. The Labute approximate surface area is 172 Å². The number of alkyl halides is 3. The van der Waals surface area contributed by atoms with Crippen molar-refractivity contribution in [1.29, 1.82) is 0 Å². The molecule has 9 nitrogen and oxygen atoms in total. The van der Waals surface area contributed by atoms with Gasteiger partial charge >= 0.3 is 12.2 Å². The summed E-state index contributed by atoms with van der Waals surface area (Å²) in [4.78, 5) is 22.2. The van der Waals surface area contributed by atoms with E-state index in [1.54, 1.807) is 20.0 Å². The lowest BCUT2D eigenvalue weighted by molar-refractivity contribution is -0.141. The van der Waals surface area contributed by atoms with Crippen molar-refractivity contribution in [3.8, 4) is 11.5 Å². The lowest BCUT2D eigenvalue weighted by Gasteiger charge is -2.18. The normalized spacial score (nSPS) is 12.8. The van der Waals surface area contributed by atoms with E-state index in [0.29, 0.717) is 10.6 Å². The molecule has 2 amide bonds. The number of pyridine rings is 1. The Morgan fingerprint density at radius 1 is 1.30 bits per heavy atom. The van der Waals surface area contributed by atoms with Gasteiger partial charge in [-0.1, -0.05) is 0 Å². The highest BCUT2D eigenvalue weighted by Gasteiger charge is 2.34. The van der Waals surface area contributed by atoms with Crippen LogP contribution in [0.3, 0.4) is 0 Å². The molecule has 13 heteroatoms. The van der Waals surface area contributed by atoms with E-state index in [2.05, 4.69) is 25.5 Å². The summed E-state index contributed by atoms with van der Waals surface area (Å²) in [5, 5.41) is 9.33. The van der Waals surface area contributed by atoms with E-state index in [1.807, 2.05) is 0 Å². The number of aryl methyl sites for hydroxylation is 1. The summed E-state index contributed by atoms with van der Waals surface area (Å²) in [7, 11) is 4.50. The van der Waals surface area contributed by atoms with Crippen molar-refractivity contribution in [2.75, 3.05) is 24.7 Å². The zero-order valence-corrected chi connectivity index (χ0v) is 17.3. The summed E-state index contributed by atoms with van der Waals surface area (Å²) in [6, 6.07) is 3.46. The highest BCUT2D eigenvalue weighted by molar-refractivity contribution is 7.91. The number of hydrogen-bond acceptors (Lipinski definition) is 6. The molecule has 0 saturated heterocycles.